The van der Waals surface area contributed by atoms with Crippen LogP contribution in [0.1, 0.15) is 27.7 Å². The van der Waals surface area contributed by atoms with Gasteiger partial charge in [-0.25, -0.2) is 4.98 Å². The Labute approximate surface area is 163 Å². The molecule has 0 saturated carbocycles. The van der Waals surface area contributed by atoms with E-state index in [-0.39, 0.29) is 35.0 Å². The fourth-order valence-corrected chi connectivity index (χ4v) is 3.04. The molecule has 0 unspecified atom stereocenters. The van der Waals surface area contributed by atoms with Crippen molar-refractivity contribution >= 4 is 5.91 Å². The number of carbonyl (C=O) groups excluding carboxylic acids is 1. The summed E-state index contributed by atoms with van der Waals surface area (Å²) in [6.07, 6.45) is -2.92. The predicted molar refractivity (Wildman–Crippen MR) is 94.2 cm³/mol. The van der Waals surface area contributed by atoms with Gasteiger partial charge in [-0.05, 0) is 24.3 Å². The number of pyridine rings is 1. The van der Waals surface area contributed by atoms with Crippen LogP contribution in [0.3, 0.4) is 0 Å². The summed E-state index contributed by atoms with van der Waals surface area (Å²) in [5.74, 6) is 0.174. The summed E-state index contributed by atoms with van der Waals surface area (Å²) >= 11 is 0. The molecule has 1 fully saturated rings. The Balaban J connectivity index is 1.45. The van der Waals surface area contributed by atoms with Crippen molar-refractivity contribution in [2.75, 3.05) is 20.2 Å². The van der Waals surface area contributed by atoms with Crippen LogP contribution in [-0.2, 0) is 6.18 Å². The van der Waals surface area contributed by atoms with E-state index >= 15 is 0 Å². The summed E-state index contributed by atoms with van der Waals surface area (Å²) < 4.78 is 48.9. The first-order valence-corrected chi connectivity index (χ1v) is 8.66. The molecule has 3 heterocycles. The van der Waals surface area contributed by atoms with E-state index in [0.29, 0.717) is 18.7 Å². The molecule has 150 valence electrons. The van der Waals surface area contributed by atoms with E-state index in [2.05, 4.69) is 15.1 Å². The van der Waals surface area contributed by atoms with Gasteiger partial charge in [0.05, 0.1) is 18.6 Å². The molecule has 7 nitrogen and oxygen atoms in total. The van der Waals surface area contributed by atoms with Crippen molar-refractivity contribution in [2.24, 2.45) is 0 Å². The zero-order chi connectivity index (χ0) is 20.6. The van der Waals surface area contributed by atoms with Gasteiger partial charge in [0.25, 0.3) is 5.91 Å². The largest absolute Gasteiger partial charge is 0.480 e. The maximum atomic E-state index is 12.9. The Morgan fingerprint density at radius 3 is 2.76 bits per heavy atom. The second-order valence-electron chi connectivity index (χ2n) is 6.50. The highest BCUT2D eigenvalue weighted by Gasteiger charge is 2.37. The molecule has 3 aromatic rings. The summed E-state index contributed by atoms with van der Waals surface area (Å²) in [6.45, 7) is 0.697. The number of ether oxygens (including phenoxy) is 1. The Bertz CT molecular complexity index is 1040. The van der Waals surface area contributed by atoms with Crippen molar-refractivity contribution in [3.63, 3.8) is 0 Å². The van der Waals surface area contributed by atoms with Crippen LogP contribution in [0.25, 0.3) is 11.4 Å². The molecule has 1 aromatic carbocycles. The van der Waals surface area contributed by atoms with Gasteiger partial charge >= 0.3 is 6.18 Å². The Hall–Kier alpha value is -3.43. The third-order valence-corrected chi connectivity index (χ3v) is 4.60. The number of aromatic nitrogens is 3. The lowest BCUT2D eigenvalue weighted by Crippen LogP contribution is -2.48. The standard InChI is InChI=1S/C19H15F3N4O3/c1-28-17-14(6-3-7-23-17)18(27)26-9-12(10-26)16-24-15(25-29-16)11-4-2-5-13(8-11)19(20,21)22/h2-8,12H,9-10H2,1H3. The van der Waals surface area contributed by atoms with Crippen molar-refractivity contribution < 1.29 is 27.2 Å². The van der Waals surface area contributed by atoms with Crippen LogP contribution < -0.4 is 4.74 Å². The number of rotatable bonds is 4. The van der Waals surface area contributed by atoms with E-state index in [0.717, 1.165) is 12.1 Å². The van der Waals surface area contributed by atoms with Gasteiger partial charge in [0, 0.05) is 24.8 Å². The minimum absolute atomic E-state index is 0.0739. The van der Waals surface area contributed by atoms with Crippen LogP contribution in [-0.4, -0.2) is 46.1 Å². The molecule has 2 aromatic heterocycles. The van der Waals surface area contributed by atoms with Crippen LogP contribution in [0.2, 0.25) is 0 Å². The smallest absolute Gasteiger partial charge is 0.416 e. The molecule has 10 heteroatoms. The number of carbonyl (C=O) groups is 1. The fraction of sp³-hybridized carbons (Fsp3) is 0.263. The number of halogens is 3. The maximum Gasteiger partial charge on any atom is 0.416 e. The molecule has 1 saturated heterocycles. The number of benzene rings is 1. The quantitative estimate of drug-likeness (QED) is 0.663. The summed E-state index contributed by atoms with van der Waals surface area (Å²) in [4.78, 5) is 22.4. The highest BCUT2D eigenvalue weighted by Crippen LogP contribution is 2.33. The second kappa shape index (κ2) is 7.19. The van der Waals surface area contributed by atoms with Crippen LogP contribution >= 0.6 is 0 Å². The molecule has 0 bridgehead atoms. The van der Waals surface area contributed by atoms with Crippen molar-refractivity contribution in [3.8, 4) is 17.3 Å². The first kappa shape index (κ1) is 18.9. The Morgan fingerprint density at radius 1 is 1.24 bits per heavy atom. The third-order valence-electron chi connectivity index (χ3n) is 4.60. The van der Waals surface area contributed by atoms with Gasteiger partial charge in [-0.2, -0.15) is 18.2 Å². The summed E-state index contributed by atoms with van der Waals surface area (Å²) in [5, 5.41) is 3.78. The highest BCUT2D eigenvalue weighted by molar-refractivity contribution is 5.96. The van der Waals surface area contributed by atoms with Crippen LogP contribution in [0, 0.1) is 0 Å². The summed E-state index contributed by atoms with van der Waals surface area (Å²) in [5.41, 5.74) is -0.224. The number of hydrogen-bond donors (Lipinski definition) is 0. The van der Waals surface area contributed by atoms with Gasteiger partial charge in [0.1, 0.15) is 5.56 Å². The van der Waals surface area contributed by atoms with Gasteiger partial charge in [-0.15, -0.1) is 0 Å². The Morgan fingerprint density at radius 2 is 2.03 bits per heavy atom. The normalized spacial score (nSPS) is 14.6. The molecule has 29 heavy (non-hydrogen) atoms. The van der Waals surface area contributed by atoms with Crippen LogP contribution in [0.15, 0.2) is 47.1 Å². The van der Waals surface area contributed by atoms with Gasteiger partial charge in [0.2, 0.25) is 17.6 Å². The predicted octanol–water partition coefficient (Wildman–Crippen LogP) is 3.40. The summed E-state index contributed by atoms with van der Waals surface area (Å²) in [6, 6.07) is 7.99. The SMILES string of the molecule is COc1ncccc1C(=O)N1CC(c2nc(-c3cccc(C(F)(F)F)c3)no2)C1. The van der Waals surface area contributed by atoms with Crippen LogP contribution in [0.4, 0.5) is 13.2 Å². The minimum atomic E-state index is -4.45. The lowest BCUT2D eigenvalue weighted by atomic mass is 9.99. The van der Waals surface area contributed by atoms with E-state index in [1.807, 2.05) is 0 Å². The van der Waals surface area contributed by atoms with E-state index < -0.39 is 11.7 Å². The van der Waals surface area contributed by atoms with Crippen molar-refractivity contribution in [1.82, 2.24) is 20.0 Å². The fourth-order valence-electron chi connectivity index (χ4n) is 3.04. The van der Waals surface area contributed by atoms with E-state index in [1.54, 1.807) is 17.0 Å². The van der Waals surface area contributed by atoms with E-state index in [4.69, 9.17) is 9.26 Å². The molecule has 0 radical (unpaired) electrons. The first-order valence-electron chi connectivity index (χ1n) is 8.66. The number of likely N-dealkylation sites (tertiary alicyclic amines) is 1. The number of nitrogens with zero attached hydrogens (tertiary/aromatic N) is 4. The average molecular weight is 404 g/mol. The van der Waals surface area contributed by atoms with Gasteiger partial charge in [0.15, 0.2) is 0 Å². The molecular weight excluding hydrogens is 389 g/mol. The number of hydrogen-bond acceptors (Lipinski definition) is 6. The third kappa shape index (κ3) is 3.65. The van der Waals surface area contributed by atoms with E-state index in [9.17, 15) is 18.0 Å². The zero-order valence-electron chi connectivity index (χ0n) is 15.2. The van der Waals surface area contributed by atoms with Crippen molar-refractivity contribution in [2.45, 2.75) is 12.1 Å². The second-order valence-corrected chi connectivity index (χ2v) is 6.50. The monoisotopic (exact) mass is 404 g/mol. The number of alkyl halides is 3. The number of amides is 1. The van der Waals surface area contributed by atoms with Crippen molar-refractivity contribution in [3.05, 3.63) is 59.6 Å². The molecule has 1 amide bonds. The Kier molecular flexibility index (Phi) is 4.69. The molecule has 0 aliphatic carbocycles. The molecule has 0 N–H and O–H groups in total. The lowest BCUT2D eigenvalue weighted by molar-refractivity contribution is -0.137. The molecule has 1 aliphatic heterocycles. The zero-order valence-corrected chi connectivity index (χ0v) is 15.2. The first-order chi connectivity index (χ1) is 13.9. The van der Waals surface area contributed by atoms with Crippen molar-refractivity contribution in [1.29, 1.82) is 0 Å². The maximum absolute atomic E-state index is 12.9. The molecule has 1 aliphatic rings. The molecule has 4 rings (SSSR count). The molecular formula is C19H15F3N4O3. The lowest BCUT2D eigenvalue weighted by Gasteiger charge is -2.37. The van der Waals surface area contributed by atoms with Gasteiger partial charge in [-0.3, -0.25) is 4.79 Å². The average Bonchev–Trinajstić information content (AvgIpc) is 3.16. The number of methoxy groups -OCH3 is 1. The molecule has 0 atom stereocenters. The summed E-state index contributed by atoms with van der Waals surface area (Å²) in [7, 11) is 1.44. The minimum Gasteiger partial charge on any atom is -0.480 e. The van der Waals surface area contributed by atoms with Gasteiger partial charge < -0.3 is 14.2 Å². The highest BCUT2D eigenvalue weighted by atomic mass is 19.4. The van der Waals surface area contributed by atoms with Gasteiger partial charge in [-0.1, -0.05) is 17.3 Å². The molecule has 0 spiro atoms. The van der Waals surface area contributed by atoms with Crippen LogP contribution in [0.5, 0.6) is 5.88 Å². The topological polar surface area (TPSA) is 81.4 Å². The van der Waals surface area contributed by atoms with E-state index in [1.165, 1.54) is 25.4 Å².